The third kappa shape index (κ3) is 7.90. The third-order valence-electron chi connectivity index (χ3n) is 9.47. The van der Waals surface area contributed by atoms with E-state index in [0.29, 0.717) is 17.8 Å². The fourth-order valence-corrected chi connectivity index (χ4v) is 9.41. The molecule has 4 aromatic carbocycles. The first-order chi connectivity index (χ1) is 22.3. The Morgan fingerprint density at radius 1 is 0.787 bits per heavy atom. The topological polar surface area (TPSA) is 12.5 Å². The van der Waals surface area contributed by atoms with Gasteiger partial charge in [-0.2, -0.15) is 0 Å². The number of hydrogen-bond donors (Lipinski definition) is 0. The molecule has 0 amide bonds. The molecule has 0 bridgehead atoms. The smallest absolute Gasteiger partial charge is 0.0145 e. The second-order valence-corrected chi connectivity index (χ2v) is 20.2. The molecule has 1 aliphatic heterocycles. The van der Waals surface area contributed by atoms with Gasteiger partial charge in [-0.3, -0.25) is 0 Å². The zero-order chi connectivity index (χ0) is 33.9. The second kappa shape index (κ2) is 15.0. The van der Waals surface area contributed by atoms with Gasteiger partial charge in [0.15, 0.2) is 0 Å². The van der Waals surface area contributed by atoms with Crippen molar-refractivity contribution in [2.24, 2.45) is 0 Å². The molecule has 47 heavy (non-hydrogen) atoms. The van der Waals surface area contributed by atoms with Crippen molar-refractivity contribution in [3.63, 3.8) is 0 Å². The molecule has 0 radical (unpaired) electrons. The normalized spacial score (nSPS) is 20.0. The number of halogens is 2. The molecule has 2 aliphatic rings. The van der Waals surface area contributed by atoms with Crippen LogP contribution < -0.4 is 9.64 Å². The van der Waals surface area contributed by atoms with Crippen molar-refractivity contribution in [2.75, 3.05) is 4.90 Å². The van der Waals surface area contributed by atoms with Crippen LogP contribution in [0.5, 0.6) is 5.75 Å². The molecule has 1 spiro atoms. The molecule has 252 valence electrons. The summed E-state index contributed by atoms with van der Waals surface area (Å²) in [7, 11) is 11.6. The summed E-state index contributed by atoms with van der Waals surface area (Å²) in [4.78, 5) is 2.67. The van der Waals surface area contributed by atoms with Crippen LogP contribution in [0.3, 0.4) is 0 Å². The standard InChI is InChI=1S/C32H38N.C10H12O.2ClH.Ru/c1-22(2)25-16-12-17-26(23(3)4)30(25)33-21-32(20-31(33,5)6)19-28(24-13-8-7-9-14-24)27-15-10-11-18-29(27)32;1-8(2)11-10-7-5-4-6-9(10)3;;;/h7-18,21-23,28H,19-20H2,1-6H3;3-8H,1-2H3;2*1H;/q-1;;;;+2/p-2/t28?,32-;;;;/m0..../s1. The van der Waals surface area contributed by atoms with Crippen LogP contribution >= 0.6 is 19.4 Å². The molecule has 6 rings (SSSR count). The van der Waals surface area contributed by atoms with E-state index in [1.165, 1.54) is 33.5 Å². The van der Waals surface area contributed by atoms with E-state index in [-0.39, 0.29) is 17.1 Å². The first-order valence-corrected chi connectivity index (χ1v) is 22.3. The van der Waals surface area contributed by atoms with Crippen molar-refractivity contribution < 1.29 is 18.3 Å². The van der Waals surface area contributed by atoms with Crippen LogP contribution in [0.2, 0.25) is 0 Å². The van der Waals surface area contributed by atoms with Crippen LogP contribution in [0.1, 0.15) is 119 Å². The van der Waals surface area contributed by atoms with Crippen molar-refractivity contribution in [1.29, 1.82) is 0 Å². The Bertz CT molecular complexity index is 1670. The van der Waals surface area contributed by atoms with E-state index in [9.17, 15) is 0 Å². The minimum absolute atomic E-state index is 0.0489. The van der Waals surface area contributed by atoms with Gasteiger partial charge in [0.25, 0.3) is 0 Å². The fraction of sp³-hybridized carbons (Fsp3) is 0.381. The minimum Gasteiger partial charge on any atom is -0.517 e. The first kappa shape index (κ1) is 35.8. The van der Waals surface area contributed by atoms with Crippen molar-refractivity contribution in [3.8, 4) is 5.75 Å². The molecule has 2 atom stereocenters. The fourth-order valence-electron chi connectivity index (χ4n) is 7.60. The monoisotopic (exact) mass is 756 g/mol. The van der Waals surface area contributed by atoms with Gasteiger partial charge in [0.1, 0.15) is 0 Å². The molecule has 2 nitrogen and oxygen atoms in total. The van der Waals surface area contributed by atoms with E-state index in [2.05, 4.69) is 126 Å². The Balaban J connectivity index is 0.000000261. The van der Waals surface area contributed by atoms with Crippen LogP contribution in [-0.4, -0.2) is 16.3 Å². The van der Waals surface area contributed by atoms with Crippen LogP contribution in [0.15, 0.2) is 97.1 Å². The second-order valence-electron chi connectivity index (χ2n) is 14.5. The molecular formula is C42H50Cl2NORu-. The first-order valence-electron chi connectivity index (χ1n) is 16.8. The summed E-state index contributed by atoms with van der Waals surface area (Å²) in [5, 5.41) is 0. The summed E-state index contributed by atoms with van der Waals surface area (Å²) < 4.78 is 7.51. The van der Waals surface area contributed by atoms with Gasteiger partial charge in [0.2, 0.25) is 0 Å². The average Bonchev–Trinajstić information content (AvgIpc) is 3.49. The zero-order valence-corrected chi connectivity index (χ0v) is 32.3. The third-order valence-corrected chi connectivity index (χ3v) is 11.3. The van der Waals surface area contributed by atoms with Crippen molar-refractivity contribution >= 4 is 29.7 Å². The van der Waals surface area contributed by atoms with E-state index in [0.717, 1.165) is 24.2 Å². The molecule has 5 heteroatoms. The number of benzene rings is 4. The predicted octanol–water partition coefficient (Wildman–Crippen LogP) is 12.1. The number of nitrogens with zero attached hydrogens (tertiary/aromatic N) is 1. The Morgan fingerprint density at radius 3 is 2.00 bits per heavy atom. The average molecular weight is 757 g/mol. The zero-order valence-electron chi connectivity index (χ0n) is 29.1. The van der Waals surface area contributed by atoms with E-state index < -0.39 is 13.5 Å². The maximum absolute atomic E-state index is 5.82. The van der Waals surface area contributed by atoms with E-state index in [4.69, 9.17) is 24.1 Å². The van der Waals surface area contributed by atoms with E-state index in [1.54, 1.807) is 0 Å². The van der Waals surface area contributed by atoms with Gasteiger partial charge in [-0.25, -0.2) is 6.54 Å². The number of fused-ring (bicyclic) bond motifs is 2. The summed E-state index contributed by atoms with van der Waals surface area (Å²) in [6.45, 7) is 20.8. The van der Waals surface area contributed by atoms with Crippen LogP contribution in [0, 0.1) is 6.54 Å². The summed E-state index contributed by atoms with van der Waals surface area (Å²) in [6, 6.07) is 35.1. The maximum atomic E-state index is 5.82. The molecule has 1 unspecified atom stereocenters. The Kier molecular flexibility index (Phi) is 11.4. The molecule has 1 fully saturated rings. The predicted molar refractivity (Wildman–Crippen MR) is 200 cm³/mol. The summed E-state index contributed by atoms with van der Waals surface area (Å²) >= 11 is -1.77. The molecule has 1 heterocycles. The van der Waals surface area contributed by atoms with E-state index >= 15 is 0 Å². The molecule has 0 N–H and O–H groups in total. The van der Waals surface area contributed by atoms with Gasteiger partial charge in [0, 0.05) is 17.1 Å². The number of para-hydroxylation sites is 2. The summed E-state index contributed by atoms with van der Waals surface area (Å²) in [5.74, 6) is 2.29. The Labute approximate surface area is 297 Å². The van der Waals surface area contributed by atoms with Gasteiger partial charge >= 0.3 is 97.8 Å². The van der Waals surface area contributed by atoms with Crippen molar-refractivity contribution in [3.05, 3.63) is 137 Å². The van der Waals surface area contributed by atoms with Crippen molar-refractivity contribution in [2.45, 2.75) is 103 Å². The van der Waals surface area contributed by atoms with Crippen molar-refractivity contribution in [1.82, 2.24) is 0 Å². The van der Waals surface area contributed by atoms with Gasteiger partial charge in [-0.05, 0) is 54.4 Å². The number of ether oxygens (including phenoxy) is 1. The summed E-state index contributed by atoms with van der Waals surface area (Å²) in [6.07, 6.45) is 2.46. The Hall–Kier alpha value is -2.45. The van der Waals surface area contributed by atoms with Crippen LogP contribution in [0.25, 0.3) is 0 Å². The van der Waals surface area contributed by atoms with Gasteiger partial charge in [-0.15, -0.1) is 5.41 Å². The van der Waals surface area contributed by atoms with Crippen LogP contribution in [-0.2, 0) is 18.9 Å². The van der Waals surface area contributed by atoms with Crippen LogP contribution in [0.4, 0.5) is 5.69 Å². The quantitative estimate of drug-likeness (QED) is 0.138. The Morgan fingerprint density at radius 2 is 1.38 bits per heavy atom. The van der Waals surface area contributed by atoms with E-state index in [1.807, 2.05) is 42.7 Å². The molecule has 4 aromatic rings. The molecule has 0 aromatic heterocycles. The largest absolute Gasteiger partial charge is 0.517 e. The molecule has 0 saturated carbocycles. The number of hydrogen-bond acceptors (Lipinski definition) is 2. The molecular weight excluding hydrogens is 706 g/mol. The maximum Gasteiger partial charge on any atom is 0.0145 e. The number of rotatable bonds is 7. The molecule has 1 aliphatic carbocycles. The van der Waals surface area contributed by atoms with Gasteiger partial charge < -0.3 is 4.90 Å². The number of anilines is 1. The molecule has 1 saturated heterocycles. The van der Waals surface area contributed by atoms with Gasteiger partial charge in [-0.1, -0.05) is 112 Å². The SMILES string of the molecule is CC(C)Oc1ccccc1[CH]=[Ru]([Cl])[Cl].CC(C)c1cccc(C(C)C)c1N1[CH-][C@]2(CC(c3ccccc3)c3ccccc32)CC1(C)C. The van der Waals surface area contributed by atoms with Gasteiger partial charge in [0.05, 0.1) is 0 Å². The minimum atomic E-state index is -1.77. The summed E-state index contributed by atoms with van der Waals surface area (Å²) in [5.41, 5.74) is 9.97.